The maximum Gasteiger partial charge on any atom is 0.124 e. The van der Waals surface area contributed by atoms with Gasteiger partial charge < -0.3 is 10.4 Å². The van der Waals surface area contributed by atoms with Gasteiger partial charge in [-0.05, 0) is 55.5 Å². The van der Waals surface area contributed by atoms with Crippen LogP contribution in [0.5, 0.6) is 0 Å². The lowest BCUT2D eigenvalue weighted by molar-refractivity contribution is 0.0893. The van der Waals surface area contributed by atoms with Crippen molar-refractivity contribution in [3.05, 3.63) is 34.6 Å². The Balaban J connectivity index is 2.17. The minimum Gasteiger partial charge on any atom is -0.396 e. The van der Waals surface area contributed by atoms with Gasteiger partial charge in [0.15, 0.2) is 0 Å². The summed E-state index contributed by atoms with van der Waals surface area (Å²) in [5, 5.41) is 13.3. The van der Waals surface area contributed by atoms with Gasteiger partial charge in [0.2, 0.25) is 0 Å². The summed E-state index contributed by atoms with van der Waals surface area (Å²) in [5.41, 5.74) is 0.816. The summed E-state index contributed by atoms with van der Waals surface area (Å²) < 4.78 is 13.0. The lowest BCUT2D eigenvalue weighted by Gasteiger charge is -2.36. The van der Waals surface area contributed by atoms with E-state index in [1.165, 1.54) is 12.1 Å². The standard InChI is InChI=1S/C13H17ClFNO/c14-12-7-11(15)2-1-10(12)8-13(9-17)3-5-16-6-4-13/h1-2,7,16-17H,3-6,8-9H2. The molecule has 1 heterocycles. The first-order valence-electron chi connectivity index (χ1n) is 5.91. The third kappa shape index (κ3) is 2.97. The van der Waals surface area contributed by atoms with Crippen LogP contribution in [0.3, 0.4) is 0 Å². The number of hydrogen-bond acceptors (Lipinski definition) is 2. The first-order valence-corrected chi connectivity index (χ1v) is 6.29. The molecular formula is C13H17ClFNO. The Morgan fingerprint density at radius 1 is 1.35 bits per heavy atom. The summed E-state index contributed by atoms with van der Waals surface area (Å²) >= 11 is 6.03. The van der Waals surface area contributed by atoms with Gasteiger partial charge in [-0.3, -0.25) is 0 Å². The van der Waals surface area contributed by atoms with Gasteiger partial charge in [-0.1, -0.05) is 17.7 Å². The summed E-state index contributed by atoms with van der Waals surface area (Å²) in [6, 6.07) is 4.48. The smallest absolute Gasteiger partial charge is 0.124 e. The molecule has 1 saturated heterocycles. The van der Waals surface area contributed by atoms with E-state index < -0.39 is 0 Å². The van der Waals surface area contributed by atoms with E-state index in [9.17, 15) is 9.50 Å². The van der Waals surface area contributed by atoms with Gasteiger partial charge in [-0.25, -0.2) is 4.39 Å². The molecule has 0 aliphatic carbocycles. The Labute approximate surface area is 106 Å². The molecule has 4 heteroatoms. The molecule has 0 unspecified atom stereocenters. The molecule has 94 valence electrons. The minimum absolute atomic E-state index is 0.104. The number of halogens is 2. The van der Waals surface area contributed by atoms with Crippen LogP contribution in [0.2, 0.25) is 5.02 Å². The van der Waals surface area contributed by atoms with Crippen molar-refractivity contribution in [2.75, 3.05) is 19.7 Å². The number of hydrogen-bond donors (Lipinski definition) is 2. The van der Waals surface area contributed by atoms with E-state index in [1.807, 2.05) is 0 Å². The molecule has 2 nitrogen and oxygen atoms in total. The Bertz CT molecular complexity index is 391. The second kappa shape index (κ2) is 5.34. The van der Waals surface area contributed by atoms with Gasteiger partial charge in [0.05, 0.1) is 0 Å². The molecule has 0 saturated carbocycles. The van der Waals surface area contributed by atoms with Crippen molar-refractivity contribution in [1.29, 1.82) is 0 Å². The van der Waals surface area contributed by atoms with Crippen LogP contribution >= 0.6 is 11.6 Å². The normalized spacial score (nSPS) is 19.2. The fraction of sp³-hybridized carbons (Fsp3) is 0.538. The SMILES string of the molecule is OCC1(Cc2ccc(F)cc2Cl)CCNCC1. The van der Waals surface area contributed by atoms with Crippen LogP contribution in [0, 0.1) is 11.2 Å². The summed E-state index contributed by atoms with van der Waals surface area (Å²) in [5.74, 6) is -0.317. The fourth-order valence-corrected chi connectivity index (χ4v) is 2.65. The van der Waals surface area contributed by atoms with Crippen molar-refractivity contribution in [2.45, 2.75) is 19.3 Å². The van der Waals surface area contributed by atoms with E-state index in [0.717, 1.165) is 31.5 Å². The fourth-order valence-electron chi connectivity index (χ4n) is 2.42. The number of benzene rings is 1. The first-order chi connectivity index (χ1) is 8.15. The Hall–Kier alpha value is -0.640. The highest BCUT2D eigenvalue weighted by molar-refractivity contribution is 6.31. The van der Waals surface area contributed by atoms with Crippen LogP contribution in [0.4, 0.5) is 4.39 Å². The molecule has 2 N–H and O–H groups in total. The third-order valence-electron chi connectivity index (χ3n) is 3.58. The van der Waals surface area contributed by atoms with Crippen molar-refractivity contribution < 1.29 is 9.50 Å². The highest BCUT2D eigenvalue weighted by atomic mass is 35.5. The van der Waals surface area contributed by atoms with E-state index in [-0.39, 0.29) is 17.8 Å². The van der Waals surface area contributed by atoms with Crippen LogP contribution in [0.15, 0.2) is 18.2 Å². The maximum absolute atomic E-state index is 13.0. The zero-order chi connectivity index (χ0) is 12.3. The van der Waals surface area contributed by atoms with E-state index in [0.29, 0.717) is 11.4 Å². The molecule has 1 aromatic carbocycles. The van der Waals surface area contributed by atoms with Crippen molar-refractivity contribution >= 4 is 11.6 Å². The minimum atomic E-state index is -0.317. The van der Waals surface area contributed by atoms with Crippen LogP contribution in [0.25, 0.3) is 0 Å². The topological polar surface area (TPSA) is 32.3 Å². The molecule has 0 amide bonds. The quantitative estimate of drug-likeness (QED) is 0.872. The number of nitrogens with one attached hydrogen (secondary N) is 1. The zero-order valence-corrected chi connectivity index (χ0v) is 10.4. The molecule has 1 aromatic rings. The highest BCUT2D eigenvalue weighted by Crippen LogP contribution is 2.34. The van der Waals surface area contributed by atoms with Gasteiger partial charge in [0.25, 0.3) is 0 Å². The summed E-state index contributed by atoms with van der Waals surface area (Å²) in [6.45, 7) is 1.99. The number of aliphatic hydroxyl groups excluding tert-OH is 1. The van der Waals surface area contributed by atoms with E-state index in [1.54, 1.807) is 6.07 Å². The van der Waals surface area contributed by atoms with E-state index in [2.05, 4.69) is 5.32 Å². The molecule has 0 bridgehead atoms. The molecule has 17 heavy (non-hydrogen) atoms. The molecule has 0 atom stereocenters. The van der Waals surface area contributed by atoms with Crippen LogP contribution < -0.4 is 5.32 Å². The molecule has 0 radical (unpaired) electrons. The van der Waals surface area contributed by atoms with Gasteiger partial charge >= 0.3 is 0 Å². The molecule has 0 aromatic heterocycles. The predicted octanol–water partition coefficient (Wildman–Crippen LogP) is 2.38. The van der Waals surface area contributed by atoms with Crippen molar-refractivity contribution in [1.82, 2.24) is 5.32 Å². The molecule has 1 fully saturated rings. The van der Waals surface area contributed by atoms with Gasteiger partial charge in [-0.2, -0.15) is 0 Å². The monoisotopic (exact) mass is 257 g/mol. The summed E-state index contributed by atoms with van der Waals surface area (Å²) in [7, 11) is 0. The van der Waals surface area contributed by atoms with Crippen molar-refractivity contribution in [3.8, 4) is 0 Å². The van der Waals surface area contributed by atoms with Gasteiger partial charge in [0.1, 0.15) is 5.82 Å². The Morgan fingerprint density at radius 2 is 2.06 bits per heavy atom. The lowest BCUT2D eigenvalue weighted by Crippen LogP contribution is -2.40. The first kappa shape index (κ1) is 12.8. The molecule has 2 rings (SSSR count). The van der Waals surface area contributed by atoms with Crippen LogP contribution in [0.1, 0.15) is 18.4 Å². The van der Waals surface area contributed by atoms with Crippen molar-refractivity contribution in [3.63, 3.8) is 0 Å². The predicted molar refractivity (Wildman–Crippen MR) is 66.7 cm³/mol. The van der Waals surface area contributed by atoms with Crippen molar-refractivity contribution in [2.24, 2.45) is 5.41 Å². The lowest BCUT2D eigenvalue weighted by atomic mass is 9.75. The molecule has 1 aliphatic heterocycles. The van der Waals surface area contributed by atoms with Gasteiger partial charge in [-0.15, -0.1) is 0 Å². The van der Waals surface area contributed by atoms with Gasteiger partial charge in [0, 0.05) is 11.6 Å². The van der Waals surface area contributed by atoms with Crippen LogP contribution in [-0.2, 0) is 6.42 Å². The average Bonchev–Trinajstić information content (AvgIpc) is 2.34. The summed E-state index contributed by atoms with van der Waals surface area (Å²) in [4.78, 5) is 0. The van der Waals surface area contributed by atoms with Crippen LogP contribution in [-0.4, -0.2) is 24.8 Å². The third-order valence-corrected chi connectivity index (χ3v) is 3.93. The highest BCUT2D eigenvalue weighted by Gasteiger charge is 2.32. The maximum atomic E-state index is 13.0. The number of rotatable bonds is 3. The number of aliphatic hydroxyl groups is 1. The molecular weight excluding hydrogens is 241 g/mol. The summed E-state index contributed by atoms with van der Waals surface area (Å²) in [6.07, 6.45) is 2.57. The second-order valence-electron chi connectivity index (χ2n) is 4.82. The number of piperidine rings is 1. The Kier molecular flexibility index (Phi) is 4.02. The molecule has 0 spiro atoms. The molecule has 1 aliphatic rings. The van der Waals surface area contributed by atoms with E-state index in [4.69, 9.17) is 11.6 Å². The Morgan fingerprint density at radius 3 is 2.65 bits per heavy atom. The van der Waals surface area contributed by atoms with E-state index >= 15 is 0 Å². The second-order valence-corrected chi connectivity index (χ2v) is 5.23. The zero-order valence-electron chi connectivity index (χ0n) is 9.68. The largest absolute Gasteiger partial charge is 0.396 e. The average molecular weight is 258 g/mol.